The van der Waals surface area contributed by atoms with Crippen molar-refractivity contribution >= 4 is 16.9 Å². The molecule has 0 saturated carbocycles. The summed E-state index contributed by atoms with van der Waals surface area (Å²) in [5.74, 6) is 2.83. The lowest BCUT2D eigenvalue weighted by molar-refractivity contribution is -0.134. The molecule has 5 heteroatoms. The summed E-state index contributed by atoms with van der Waals surface area (Å²) >= 11 is 0. The fourth-order valence-electron chi connectivity index (χ4n) is 4.18. The van der Waals surface area contributed by atoms with Gasteiger partial charge in [-0.15, -0.1) is 0 Å². The quantitative estimate of drug-likeness (QED) is 0.672. The first-order valence-corrected chi connectivity index (χ1v) is 10.00. The van der Waals surface area contributed by atoms with E-state index in [2.05, 4.69) is 13.8 Å². The van der Waals surface area contributed by atoms with Gasteiger partial charge < -0.3 is 14.2 Å². The Balaban J connectivity index is 1.57. The van der Waals surface area contributed by atoms with E-state index in [1.807, 2.05) is 64.1 Å². The van der Waals surface area contributed by atoms with Crippen molar-refractivity contribution in [1.82, 2.24) is 14.5 Å². The van der Waals surface area contributed by atoms with Crippen LogP contribution in [0.1, 0.15) is 26.1 Å². The number of likely N-dealkylation sites (tertiary alicyclic amines) is 1. The molecule has 0 aliphatic carbocycles. The van der Waals surface area contributed by atoms with E-state index in [0.717, 1.165) is 35.7 Å². The number of imidazole rings is 1. The average Bonchev–Trinajstić information content (AvgIpc) is 3.04. The molecule has 5 nitrogen and oxygen atoms in total. The monoisotopic (exact) mass is 377 g/mol. The van der Waals surface area contributed by atoms with Crippen LogP contribution in [0.5, 0.6) is 5.75 Å². The maximum Gasteiger partial charge on any atom is 0.242 e. The normalized spacial score (nSPS) is 19.7. The van der Waals surface area contributed by atoms with Crippen LogP contribution < -0.4 is 4.74 Å². The summed E-state index contributed by atoms with van der Waals surface area (Å²) < 4.78 is 7.92. The summed E-state index contributed by atoms with van der Waals surface area (Å²) in [6, 6.07) is 17.7. The maximum atomic E-state index is 13.1. The van der Waals surface area contributed by atoms with E-state index in [0.29, 0.717) is 25.0 Å². The highest BCUT2D eigenvalue weighted by molar-refractivity contribution is 5.81. The van der Waals surface area contributed by atoms with Crippen LogP contribution in [0.4, 0.5) is 0 Å². The number of benzene rings is 2. The SMILES string of the molecule is C[C@H]1C[C@H](C)CN(C(=O)Cn2c(COc3ccccc3)nc3ccccc32)C1. The van der Waals surface area contributed by atoms with Gasteiger partial charge in [0.25, 0.3) is 0 Å². The molecule has 1 saturated heterocycles. The highest BCUT2D eigenvalue weighted by atomic mass is 16.5. The molecule has 1 fully saturated rings. The molecule has 4 rings (SSSR count). The van der Waals surface area contributed by atoms with Gasteiger partial charge in [-0.1, -0.05) is 44.2 Å². The predicted molar refractivity (Wildman–Crippen MR) is 110 cm³/mol. The van der Waals surface area contributed by atoms with Crippen LogP contribution in [0.3, 0.4) is 0 Å². The van der Waals surface area contributed by atoms with Crippen LogP contribution in [0.2, 0.25) is 0 Å². The Morgan fingerprint density at radius 1 is 1.04 bits per heavy atom. The number of carbonyl (C=O) groups excluding carboxylic acids is 1. The number of piperidine rings is 1. The van der Waals surface area contributed by atoms with Gasteiger partial charge in [0.1, 0.15) is 24.7 Å². The fourth-order valence-corrected chi connectivity index (χ4v) is 4.18. The average molecular weight is 377 g/mol. The summed E-state index contributed by atoms with van der Waals surface area (Å²) in [6.45, 7) is 6.76. The first-order valence-electron chi connectivity index (χ1n) is 10.00. The first-order chi connectivity index (χ1) is 13.6. The molecule has 0 N–H and O–H groups in total. The highest BCUT2D eigenvalue weighted by Crippen LogP contribution is 2.23. The third-order valence-electron chi connectivity index (χ3n) is 5.36. The number of rotatable bonds is 5. The minimum atomic E-state index is 0.155. The molecule has 0 spiro atoms. The van der Waals surface area contributed by atoms with Gasteiger partial charge in [-0.2, -0.15) is 0 Å². The van der Waals surface area contributed by atoms with Gasteiger partial charge in [-0.25, -0.2) is 4.98 Å². The van der Waals surface area contributed by atoms with Gasteiger partial charge in [0.05, 0.1) is 11.0 Å². The molecule has 0 radical (unpaired) electrons. The minimum absolute atomic E-state index is 0.155. The largest absolute Gasteiger partial charge is 0.486 e. The Kier molecular flexibility index (Phi) is 5.33. The van der Waals surface area contributed by atoms with Gasteiger partial charge in [0, 0.05) is 13.1 Å². The number of fused-ring (bicyclic) bond motifs is 1. The topological polar surface area (TPSA) is 47.4 Å². The van der Waals surface area contributed by atoms with Crippen LogP contribution in [0, 0.1) is 11.8 Å². The predicted octanol–water partition coefficient (Wildman–Crippen LogP) is 4.12. The number of carbonyl (C=O) groups is 1. The third kappa shape index (κ3) is 4.03. The summed E-state index contributed by atoms with van der Waals surface area (Å²) in [6.07, 6.45) is 1.19. The van der Waals surface area contributed by atoms with Gasteiger partial charge >= 0.3 is 0 Å². The summed E-state index contributed by atoms with van der Waals surface area (Å²) in [5.41, 5.74) is 1.86. The van der Waals surface area contributed by atoms with Crippen LogP contribution in [0.25, 0.3) is 11.0 Å². The van der Waals surface area contributed by atoms with Crippen molar-refractivity contribution in [1.29, 1.82) is 0 Å². The molecule has 1 aliphatic heterocycles. The Hall–Kier alpha value is -2.82. The molecule has 2 aromatic carbocycles. The molecule has 0 unspecified atom stereocenters. The van der Waals surface area contributed by atoms with Crippen LogP contribution >= 0.6 is 0 Å². The van der Waals surface area contributed by atoms with Crippen LogP contribution in [-0.2, 0) is 17.9 Å². The number of hydrogen-bond donors (Lipinski definition) is 0. The highest BCUT2D eigenvalue weighted by Gasteiger charge is 2.26. The number of ether oxygens (including phenoxy) is 1. The lowest BCUT2D eigenvalue weighted by Gasteiger charge is -2.35. The van der Waals surface area contributed by atoms with Crippen molar-refractivity contribution in [3.63, 3.8) is 0 Å². The van der Waals surface area contributed by atoms with Gasteiger partial charge in [0.15, 0.2) is 0 Å². The van der Waals surface area contributed by atoms with E-state index in [-0.39, 0.29) is 5.91 Å². The van der Waals surface area contributed by atoms with E-state index >= 15 is 0 Å². The molecule has 1 aromatic heterocycles. The Morgan fingerprint density at radius 2 is 1.71 bits per heavy atom. The molecule has 146 valence electrons. The first kappa shape index (κ1) is 18.5. The van der Waals surface area contributed by atoms with Gasteiger partial charge in [0.2, 0.25) is 5.91 Å². The van der Waals surface area contributed by atoms with E-state index < -0.39 is 0 Å². The molecule has 2 heterocycles. The van der Waals surface area contributed by atoms with Crippen molar-refractivity contribution in [2.24, 2.45) is 11.8 Å². The van der Waals surface area contributed by atoms with E-state index in [4.69, 9.17) is 9.72 Å². The van der Waals surface area contributed by atoms with Crippen molar-refractivity contribution in [3.05, 3.63) is 60.4 Å². The van der Waals surface area contributed by atoms with Gasteiger partial charge in [-0.3, -0.25) is 4.79 Å². The summed E-state index contributed by atoms with van der Waals surface area (Å²) in [4.78, 5) is 19.8. The molecular formula is C23H27N3O2. The minimum Gasteiger partial charge on any atom is -0.486 e. The van der Waals surface area contributed by atoms with Crippen LogP contribution in [0.15, 0.2) is 54.6 Å². The number of aromatic nitrogens is 2. The van der Waals surface area contributed by atoms with E-state index in [9.17, 15) is 4.79 Å². The molecule has 3 aromatic rings. The summed E-state index contributed by atoms with van der Waals surface area (Å²) in [5, 5.41) is 0. The zero-order chi connectivity index (χ0) is 19.5. The van der Waals surface area contributed by atoms with Crippen molar-refractivity contribution in [2.45, 2.75) is 33.4 Å². The zero-order valence-corrected chi connectivity index (χ0v) is 16.5. The molecule has 28 heavy (non-hydrogen) atoms. The summed E-state index contributed by atoms with van der Waals surface area (Å²) in [7, 11) is 0. The molecular weight excluding hydrogens is 350 g/mol. The number of para-hydroxylation sites is 3. The van der Waals surface area contributed by atoms with Crippen molar-refractivity contribution < 1.29 is 9.53 Å². The Bertz CT molecular complexity index is 941. The molecule has 0 bridgehead atoms. The number of nitrogens with zero attached hydrogens (tertiary/aromatic N) is 3. The molecule has 1 aliphatic rings. The smallest absolute Gasteiger partial charge is 0.242 e. The second-order valence-corrected chi connectivity index (χ2v) is 7.95. The lowest BCUT2D eigenvalue weighted by atomic mass is 9.92. The number of amides is 1. The molecule has 1 amide bonds. The molecule has 2 atom stereocenters. The Labute approximate surface area is 165 Å². The zero-order valence-electron chi connectivity index (χ0n) is 16.5. The Morgan fingerprint density at radius 3 is 2.46 bits per heavy atom. The second-order valence-electron chi connectivity index (χ2n) is 7.95. The van der Waals surface area contributed by atoms with E-state index in [1.165, 1.54) is 6.42 Å². The standard InChI is InChI=1S/C23H27N3O2/c1-17-12-18(2)14-25(13-17)23(27)15-26-21-11-7-6-10-20(21)24-22(26)16-28-19-8-4-3-5-9-19/h3-11,17-18H,12-16H2,1-2H3/t17-,18-/m0/s1. The van der Waals surface area contributed by atoms with Crippen LogP contribution in [-0.4, -0.2) is 33.4 Å². The second kappa shape index (κ2) is 8.05. The fraction of sp³-hybridized carbons (Fsp3) is 0.391. The van der Waals surface area contributed by atoms with Crippen molar-refractivity contribution in [3.8, 4) is 5.75 Å². The van der Waals surface area contributed by atoms with Gasteiger partial charge in [-0.05, 0) is 42.5 Å². The maximum absolute atomic E-state index is 13.1. The third-order valence-corrected chi connectivity index (χ3v) is 5.36. The van der Waals surface area contributed by atoms with Crippen molar-refractivity contribution in [2.75, 3.05) is 13.1 Å². The van der Waals surface area contributed by atoms with E-state index in [1.54, 1.807) is 0 Å². The number of hydrogen-bond acceptors (Lipinski definition) is 3. The lowest BCUT2D eigenvalue weighted by Crippen LogP contribution is -2.44.